The molecular formula is C12H13ClN2O. The second-order valence-corrected chi connectivity index (χ2v) is 4.06. The number of nitrogens with zero attached hydrogens (tertiary/aromatic N) is 1. The number of rotatable bonds is 2. The molecule has 0 aliphatic carbocycles. The van der Waals surface area contributed by atoms with E-state index in [1.165, 1.54) is 0 Å². The molecule has 84 valence electrons. The lowest BCUT2D eigenvalue weighted by atomic mass is 10.1. The van der Waals surface area contributed by atoms with E-state index in [-0.39, 0.29) is 0 Å². The summed E-state index contributed by atoms with van der Waals surface area (Å²) in [5.74, 6) is 1.47. The number of benzene rings is 1. The lowest BCUT2D eigenvalue weighted by Gasteiger charge is -2.03. The molecule has 0 saturated carbocycles. The molecule has 2 rings (SSSR count). The molecule has 0 spiro atoms. The molecule has 1 aromatic carbocycles. The van der Waals surface area contributed by atoms with Crippen LogP contribution < -0.4 is 5.73 Å². The van der Waals surface area contributed by atoms with E-state index in [1.807, 2.05) is 32.0 Å². The van der Waals surface area contributed by atoms with Gasteiger partial charge in [0.25, 0.3) is 0 Å². The third-order valence-corrected chi connectivity index (χ3v) is 2.81. The fourth-order valence-electron chi connectivity index (χ4n) is 1.68. The Kier molecular flexibility index (Phi) is 2.99. The van der Waals surface area contributed by atoms with Crippen molar-refractivity contribution in [3.63, 3.8) is 0 Å². The molecular weight excluding hydrogens is 224 g/mol. The van der Waals surface area contributed by atoms with Gasteiger partial charge in [-0.15, -0.1) is 0 Å². The van der Waals surface area contributed by atoms with Crippen LogP contribution in [0.1, 0.15) is 17.2 Å². The SMILES string of the molecule is Cc1nc(-c2ccc(Cl)c(CN)c2)c(C)o1. The van der Waals surface area contributed by atoms with Crippen LogP contribution in [0.15, 0.2) is 22.6 Å². The quantitative estimate of drug-likeness (QED) is 0.872. The summed E-state index contributed by atoms with van der Waals surface area (Å²) in [5.41, 5.74) is 8.36. The van der Waals surface area contributed by atoms with Crippen molar-refractivity contribution < 1.29 is 4.42 Å². The predicted octanol–water partition coefficient (Wildman–Crippen LogP) is 3.07. The Hall–Kier alpha value is -1.32. The highest BCUT2D eigenvalue weighted by atomic mass is 35.5. The summed E-state index contributed by atoms with van der Waals surface area (Å²) in [5, 5.41) is 0.684. The first-order valence-electron chi connectivity index (χ1n) is 5.04. The molecule has 0 unspecified atom stereocenters. The number of halogens is 1. The molecule has 1 heterocycles. The molecule has 0 bridgehead atoms. The van der Waals surface area contributed by atoms with Gasteiger partial charge in [0.05, 0.1) is 0 Å². The van der Waals surface area contributed by atoms with E-state index < -0.39 is 0 Å². The number of aromatic nitrogens is 1. The van der Waals surface area contributed by atoms with Gasteiger partial charge in [0.15, 0.2) is 5.89 Å². The zero-order valence-electron chi connectivity index (χ0n) is 9.25. The smallest absolute Gasteiger partial charge is 0.191 e. The molecule has 2 N–H and O–H groups in total. The van der Waals surface area contributed by atoms with Gasteiger partial charge in [-0.05, 0) is 24.6 Å². The van der Waals surface area contributed by atoms with E-state index in [1.54, 1.807) is 0 Å². The molecule has 16 heavy (non-hydrogen) atoms. The molecule has 1 aromatic heterocycles. The molecule has 0 amide bonds. The summed E-state index contributed by atoms with van der Waals surface area (Å²) in [7, 11) is 0. The lowest BCUT2D eigenvalue weighted by molar-refractivity contribution is 0.495. The molecule has 3 nitrogen and oxygen atoms in total. The predicted molar refractivity (Wildman–Crippen MR) is 64.3 cm³/mol. The topological polar surface area (TPSA) is 52.0 Å². The van der Waals surface area contributed by atoms with Crippen molar-refractivity contribution in [3.05, 3.63) is 40.4 Å². The highest BCUT2D eigenvalue weighted by Gasteiger charge is 2.10. The Morgan fingerprint density at radius 3 is 2.69 bits per heavy atom. The zero-order valence-corrected chi connectivity index (χ0v) is 10.0. The Morgan fingerprint density at radius 1 is 1.38 bits per heavy atom. The summed E-state index contributed by atoms with van der Waals surface area (Å²) in [6, 6.07) is 5.71. The van der Waals surface area contributed by atoms with Crippen molar-refractivity contribution in [2.45, 2.75) is 20.4 Å². The van der Waals surface area contributed by atoms with Gasteiger partial charge in [0, 0.05) is 24.1 Å². The van der Waals surface area contributed by atoms with Crippen LogP contribution in [0.25, 0.3) is 11.3 Å². The molecule has 0 aliphatic rings. The number of aryl methyl sites for hydroxylation is 2. The first kappa shape index (κ1) is 11.2. The van der Waals surface area contributed by atoms with Crippen molar-refractivity contribution in [3.8, 4) is 11.3 Å². The van der Waals surface area contributed by atoms with Crippen LogP contribution >= 0.6 is 11.6 Å². The third-order valence-electron chi connectivity index (χ3n) is 2.44. The molecule has 0 atom stereocenters. The monoisotopic (exact) mass is 236 g/mol. The summed E-state index contributed by atoms with van der Waals surface area (Å²) < 4.78 is 5.40. The summed E-state index contributed by atoms with van der Waals surface area (Å²) in [6.45, 7) is 4.14. The molecule has 0 aliphatic heterocycles. The van der Waals surface area contributed by atoms with Crippen molar-refractivity contribution in [1.82, 2.24) is 4.98 Å². The van der Waals surface area contributed by atoms with Gasteiger partial charge in [-0.25, -0.2) is 4.98 Å². The lowest BCUT2D eigenvalue weighted by Crippen LogP contribution is -1.97. The molecule has 0 saturated heterocycles. The summed E-state index contributed by atoms with van der Waals surface area (Å²) >= 11 is 6.00. The van der Waals surface area contributed by atoms with Gasteiger partial charge in [-0.1, -0.05) is 17.7 Å². The largest absolute Gasteiger partial charge is 0.446 e. The molecule has 0 radical (unpaired) electrons. The van der Waals surface area contributed by atoms with E-state index in [0.29, 0.717) is 17.5 Å². The zero-order chi connectivity index (χ0) is 11.7. The van der Waals surface area contributed by atoms with Crippen LogP contribution in [0, 0.1) is 13.8 Å². The Morgan fingerprint density at radius 2 is 2.12 bits per heavy atom. The van der Waals surface area contributed by atoms with Gasteiger partial charge in [0.2, 0.25) is 0 Å². The number of hydrogen-bond donors (Lipinski definition) is 1. The van der Waals surface area contributed by atoms with Crippen LogP contribution in [-0.2, 0) is 6.54 Å². The maximum atomic E-state index is 6.00. The Balaban J connectivity index is 2.52. The second-order valence-electron chi connectivity index (χ2n) is 3.65. The fraction of sp³-hybridized carbons (Fsp3) is 0.250. The van der Waals surface area contributed by atoms with E-state index in [2.05, 4.69) is 4.98 Å². The van der Waals surface area contributed by atoms with E-state index >= 15 is 0 Å². The molecule has 2 aromatic rings. The Labute approximate surface area is 99.2 Å². The van der Waals surface area contributed by atoms with Gasteiger partial charge in [-0.3, -0.25) is 0 Å². The standard InChI is InChI=1S/C12H13ClN2O/c1-7-12(15-8(2)16-7)9-3-4-11(13)10(5-9)6-14/h3-5H,6,14H2,1-2H3. The first-order chi connectivity index (χ1) is 7.61. The normalized spacial score (nSPS) is 10.8. The highest BCUT2D eigenvalue weighted by molar-refractivity contribution is 6.31. The van der Waals surface area contributed by atoms with Crippen LogP contribution in [0.2, 0.25) is 5.02 Å². The molecule has 4 heteroatoms. The maximum absolute atomic E-state index is 6.00. The van der Waals surface area contributed by atoms with Gasteiger partial charge in [0.1, 0.15) is 11.5 Å². The minimum absolute atomic E-state index is 0.419. The van der Waals surface area contributed by atoms with Crippen LogP contribution in [0.5, 0.6) is 0 Å². The molecule has 0 fully saturated rings. The first-order valence-corrected chi connectivity index (χ1v) is 5.42. The number of hydrogen-bond acceptors (Lipinski definition) is 3. The highest BCUT2D eigenvalue weighted by Crippen LogP contribution is 2.27. The van der Waals surface area contributed by atoms with Crippen molar-refractivity contribution in [2.75, 3.05) is 0 Å². The minimum Gasteiger partial charge on any atom is -0.446 e. The van der Waals surface area contributed by atoms with Crippen LogP contribution in [0.4, 0.5) is 0 Å². The second kappa shape index (κ2) is 4.28. The minimum atomic E-state index is 0.419. The number of nitrogens with two attached hydrogens (primary N) is 1. The van der Waals surface area contributed by atoms with Crippen molar-refractivity contribution >= 4 is 11.6 Å². The average Bonchev–Trinajstić information content (AvgIpc) is 2.59. The number of oxazole rings is 1. The van der Waals surface area contributed by atoms with E-state index in [4.69, 9.17) is 21.8 Å². The Bertz CT molecular complexity index is 520. The van der Waals surface area contributed by atoms with Crippen LogP contribution in [-0.4, -0.2) is 4.98 Å². The maximum Gasteiger partial charge on any atom is 0.191 e. The summed E-state index contributed by atoms with van der Waals surface area (Å²) in [6.07, 6.45) is 0. The van der Waals surface area contributed by atoms with E-state index in [9.17, 15) is 0 Å². The third kappa shape index (κ3) is 1.96. The fourth-order valence-corrected chi connectivity index (χ4v) is 1.87. The van der Waals surface area contributed by atoms with Gasteiger partial charge >= 0.3 is 0 Å². The average molecular weight is 237 g/mol. The van der Waals surface area contributed by atoms with Crippen molar-refractivity contribution in [2.24, 2.45) is 5.73 Å². The van der Waals surface area contributed by atoms with E-state index in [0.717, 1.165) is 22.6 Å². The van der Waals surface area contributed by atoms with Crippen LogP contribution in [0.3, 0.4) is 0 Å². The van der Waals surface area contributed by atoms with Gasteiger partial charge in [-0.2, -0.15) is 0 Å². The van der Waals surface area contributed by atoms with Gasteiger partial charge < -0.3 is 10.2 Å². The summed E-state index contributed by atoms with van der Waals surface area (Å²) in [4.78, 5) is 4.33. The van der Waals surface area contributed by atoms with Crippen molar-refractivity contribution in [1.29, 1.82) is 0 Å².